The van der Waals surface area contributed by atoms with Crippen molar-refractivity contribution in [3.63, 3.8) is 0 Å². The van der Waals surface area contributed by atoms with Gasteiger partial charge < -0.3 is 11.1 Å². The molecule has 3 rings (SSSR count). The number of rotatable bonds is 5. The molecule has 0 aliphatic carbocycles. The van der Waals surface area contributed by atoms with Crippen LogP contribution in [0, 0.1) is 11.3 Å². The molecule has 0 fully saturated rings. The molecule has 140 valence electrons. The molecule has 28 heavy (non-hydrogen) atoms. The van der Waals surface area contributed by atoms with E-state index in [0.29, 0.717) is 21.4 Å². The Morgan fingerprint density at radius 2 is 2.00 bits per heavy atom. The van der Waals surface area contributed by atoms with Gasteiger partial charge in [0.2, 0.25) is 0 Å². The number of carbonyl (C=O) groups excluding carboxylic acids is 2. The van der Waals surface area contributed by atoms with Gasteiger partial charge in [0.25, 0.3) is 11.8 Å². The van der Waals surface area contributed by atoms with Crippen molar-refractivity contribution in [1.82, 2.24) is 30.0 Å². The Morgan fingerprint density at radius 3 is 2.71 bits per heavy atom. The molecule has 0 spiro atoms. The van der Waals surface area contributed by atoms with Crippen LogP contribution in [0.5, 0.6) is 0 Å². The third-order valence-electron chi connectivity index (χ3n) is 3.72. The molecule has 0 saturated carbocycles. The predicted octanol–water partition coefficient (Wildman–Crippen LogP) is 1.28. The highest BCUT2D eigenvalue weighted by atomic mass is 79.9. The normalized spacial score (nSPS) is 11.5. The Hall–Kier alpha value is -3.65. The molecule has 0 radical (unpaired) electrons. The van der Waals surface area contributed by atoms with E-state index in [4.69, 9.17) is 11.0 Å². The van der Waals surface area contributed by atoms with Crippen LogP contribution >= 0.6 is 15.9 Å². The van der Waals surface area contributed by atoms with E-state index in [1.165, 1.54) is 29.5 Å². The number of nitrogens with one attached hydrogen (secondary N) is 1. The number of hydrogen-bond acceptors (Lipinski definition) is 7. The highest BCUT2D eigenvalue weighted by Crippen LogP contribution is 2.18. The van der Waals surface area contributed by atoms with Crippen molar-refractivity contribution in [1.29, 1.82) is 5.26 Å². The van der Waals surface area contributed by atoms with E-state index in [1.807, 2.05) is 6.07 Å². The molecule has 0 saturated heterocycles. The van der Waals surface area contributed by atoms with Crippen LogP contribution < -0.4 is 11.1 Å². The van der Waals surface area contributed by atoms with E-state index < -0.39 is 11.9 Å². The highest BCUT2D eigenvalue weighted by molar-refractivity contribution is 9.10. The first-order valence-corrected chi connectivity index (χ1v) is 8.72. The maximum Gasteiger partial charge on any atom is 0.267 e. The minimum atomic E-state index is -0.699. The van der Waals surface area contributed by atoms with Crippen molar-refractivity contribution in [2.24, 2.45) is 5.73 Å². The SMILES string of the molecule is C[C@H](NC(=O)c1cc(Br)cc(C#N)c1)c1ncnn1-c1cc(C(N)=O)ncn1. The molecule has 2 heterocycles. The van der Waals surface area contributed by atoms with E-state index in [1.54, 1.807) is 19.1 Å². The fourth-order valence-corrected chi connectivity index (χ4v) is 2.94. The summed E-state index contributed by atoms with van der Waals surface area (Å²) in [5, 5.41) is 15.9. The quantitative estimate of drug-likeness (QED) is 0.605. The Balaban J connectivity index is 1.86. The zero-order chi connectivity index (χ0) is 20.3. The third-order valence-corrected chi connectivity index (χ3v) is 4.18. The molecule has 1 aromatic carbocycles. The molecule has 2 amide bonds. The lowest BCUT2D eigenvalue weighted by Crippen LogP contribution is -2.29. The van der Waals surface area contributed by atoms with Gasteiger partial charge in [-0.05, 0) is 25.1 Å². The average molecular weight is 441 g/mol. The molecule has 0 unspecified atom stereocenters. The van der Waals surface area contributed by atoms with Gasteiger partial charge in [-0.25, -0.2) is 15.0 Å². The lowest BCUT2D eigenvalue weighted by Gasteiger charge is -2.14. The molecule has 1 atom stereocenters. The lowest BCUT2D eigenvalue weighted by atomic mass is 10.1. The maximum absolute atomic E-state index is 12.6. The summed E-state index contributed by atoms with van der Waals surface area (Å²) in [5.74, 6) is -0.417. The van der Waals surface area contributed by atoms with E-state index in [0.717, 1.165) is 0 Å². The van der Waals surface area contributed by atoms with Gasteiger partial charge >= 0.3 is 0 Å². The number of nitrogens with two attached hydrogens (primary N) is 1. The Morgan fingerprint density at radius 1 is 1.21 bits per heavy atom. The summed E-state index contributed by atoms with van der Waals surface area (Å²) in [6.07, 6.45) is 2.49. The Bertz CT molecular complexity index is 1100. The second-order valence-corrected chi connectivity index (χ2v) is 6.61. The summed E-state index contributed by atoms with van der Waals surface area (Å²) in [4.78, 5) is 35.9. The molecule has 0 aliphatic rings. The summed E-state index contributed by atoms with van der Waals surface area (Å²) in [6.45, 7) is 1.72. The Kier molecular flexibility index (Phi) is 5.42. The smallest absolute Gasteiger partial charge is 0.267 e. The standard InChI is InChI=1S/C17H13BrN8O2/c1-9(25-17(28)11-2-10(6-19)3-12(18)4-11)16-23-8-24-26(16)14-5-13(15(20)27)21-7-22-14/h2-5,7-9H,1H3,(H2,20,27)(H,25,28)/t9-/m0/s1. The minimum absolute atomic E-state index is 0.0290. The van der Waals surface area contributed by atoms with Crippen molar-refractivity contribution in [3.8, 4) is 11.9 Å². The number of primary amides is 1. The fraction of sp³-hybridized carbons (Fsp3) is 0.118. The molecule has 11 heteroatoms. The van der Waals surface area contributed by atoms with Crippen molar-refractivity contribution in [2.45, 2.75) is 13.0 Å². The van der Waals surface area contributed by atoms with Gasteiger partial charge in [-0.3, -0.25) is 9.59 Å². The fourth-order valence-electron chi connectivity index (χ4n) is 2.45. The summed E-state index contributed by atoms with van der Waals surface area (Å²) in [5.41, 5.74) is 5.95. The van der Waals surface area contributed by atoms with Gasteiger partial charge in [0.05, 0.1) is 17.7 Å². The van der Waals surface area contributed by atoms with E-state index in [9.17, 15) is 9.59 Å². The largest absolute Gasteiger partial charge is 0.364 e. The molecule has 3 N–H and O–H groups in total. The molecule has 10 nitrogen and oxygen atoms in total. The van der Waals surface area contributed by atoms with Gasteiger partial charge in [0.15, 0.2) is 11.6 Å². The van der Waals surface area contributed by atoms with Gasteiger partial charge in [-0.2, -0.15) is 15.0 Å². The first-order valence-electron chi connectivity index (χ1n) is 7.92. The van der Waals surface area contributed by atoms with Gasteiger partial charge in [-0.1, -0.05) is 15.9 Å². The molecule has 0 aliphatic heterocycles. The number of amides is 2. The second kappa shape index (κ2) is 7.93. The van der Waals surface area contributed by atoms with Crippen LogP contribution in [0.4, 0.5) is 0 Å². The molecular formula is C17H13BrN8O2. The van der Waals surface area contributed by atoms with Gasteiger partial charge in [-0.15, -0.1) is 0 Å². The summed E-state index contributed by atoms with van der Waals surface area (Å²) in [6, 6.07) is 7.54. The van der Waals surface area contributed by atoms with Crippen molar-refractivity contribution in [3.05, 3.63) is 64.0 Å². The van der Waals surface area contributed by atoms with Crippen LogP contribution in [0.25, 0.3) is 5.82 Å². The maximum atomic E-state index is 12.6. The van der Waals surface area contributed by atoms with Gasteiger partial charge in [0, 0.05) is 16.1 Å². The van der Waals surface area contributed by atoms with Crippen LogP contribution in [0.3, 0.4) is 0 Å². The number of aromatic nitrogens is 5. The van der Waals surface area contributed by atoms with Crippen molar-refractivity contribution < 1.29 is 9.59 Å². The van der Waals surface area contributed by atoms with E-state index in [2.05, 4.69) is 41.3 Å². The van der Waals surface area contributed by atoms with Crippen LogP contribution in [-0.2, 0) is 0 Å². The van der Waals surface area contributed by atoms with Crippen molar-refractivity contribution >= 4 is 27.7 Å². The number of benzene rings is 1. The minimum Gasteiger partial charge on any atom is -0.364 e. The van der Waals surface area contributed by atoms with Crippen LogP contribution in [0.1, 0.15) is 45.2 Å². The number of hydrogen-bond donors (Lipinski definition) is 2. The molecule has 2 aromatic heterocycles. The molecule has 0 bridgehead atoms. The Labute approximate surface area is 167 Å². The summed E-state index contributed by atoms with van der Waals surface area (Å²) >= 11 is 3.28. The topological polar surface area (TPSA) is 152 Å². The molecular weight excluding hydrogens is 428 g/mol. The first-order chi connectivity index (χ1) is 13.4. The number of nitrogens with zero attached hydrogens (tertiary/aromatic N) is 6. The van der Waals surface area contributed by atoms with E-state index in [-0.39, 0.29) is 17.4 Å². The van der Waals surface area contributed by atoms with Crippen LogP contribution in [0.15, 0.2) is 41.4 Å². The predicted molar refractivity (Wildman–Crippen MR) is 100 cm³/mol. The summed E-state index contributed by atoms with van der Waals surface area (Å²) in [7, 11) is 0. The van der Waals surface area contributed by atoms with Crippen molar-refractivity contribution in [2.75, 3.05) is 0 Å². The van der Waals surface area contributed by atoms with E-state index >= 15 is 0 Å². The van der Waals surface area contributed by atoms with Gasteiger partial charge in [0.1, 0.15) is 18.3 Å². The molecule has 3 aromatic rings. The first kappa shape index (κ1) is 19.1. The third kappa shape index (κ3) is 4.02. The lowest BCUT2D eigenvalue weighted by molar-refractivity contribution is 0.0936. The second-order valence-electron chi connectivity index (χ2n) is 5.69. The van der Waals surface area contributed by atoms with Crippen LogP contribution in [0.2, 0.25) is 0 Å². The highest BCUT2D eigenvalue weighted by Gasteiger charge is 2.19. The number of nitriles is 1. The number of carbonyl (C=O) groups is 2. The van der Waals surface area contributed by atoms with Crippen LogP contribution in [-0.4, -0.2) is 36.5 Å². The monoisotopic (exact) mass is 440 g/mol. The zero-order valence-corrected chi connectivity index (χ0v) is 16.1. The number of halogens is 1. The average Bonchev–Trinajstić information content (AvgIpc) is 3.17. The summed E-state index contributed by atoms with van der Waals surface area (Å²) < 4.78 is 1.99. The zero-order valence-electron chi connectivity index (χ0n) is 14.5.